The summed E-state index contributed by atoms with van der Waals surface area (Å²) >= 11 is 11.5. The molecule has 1 aromatic rings. The van der Waals surface area contributed by atoms with Crippen molar-refractivity contribution in [2.24, 2.45) is 16.2 Å². The fourth-order valence-corrected chi connectivity index (χ4v) is 10.5. The quantitative estimate of drug-likeness (QED) is 0.488. The molecule has 0 radical (unpaired) electrons. The standard InChI is InChI=1S/C19H22Br3NO/c1-17(2)18(15(21)22)8-9-19(17,14(18)20)16(24)23-10-7-12-5-3-4-6-13(12)11-23/h3-6,14-15H,7-11H2,1-2H3/t14-,18+,19+/m0/s1. The third-order valence-corrected chi connectivity index (χ3v) is 10.5. The molecule has 3 aliphatic carbocycles. The topological polar surface area (TPSA) is 20.3 Å². The first-order valence-electron chi connectivity index (χ1n) is 8.57. The number of amides is 1. The van der Waals surface area contributed by atoms with Gasteiger partial charge >= 0.3 is 0 Å². The van der Waals surface area contributed by atoms with E-state index in [-0.39, 0.29) is 24.8 Å². The normalized spacial score (nSPS) is 36.4. The zero-order valence-electron chi connectivity index (χ0n) is 14.0. The van der Waals surface area contributed by atoms with E-state index in [0.29, 0.717) is 5.91 Å². The van der Waals surface area contributed by atoms with E-state index in [9.17, 15) is 4.79 Å². The third-order valence-electron chi connectivity index (χ3n) is 7.29. The summed E-state index contributed by atoms with van der Waals surface area (Å²) in [5.41, 5.74) is 2.49. The highest BCUT2D eigenvalue weighted by Crippen LogP contribution is 2.82. The summed E-state index contributed by atoms with van der Waals surface area (Å²) in [6.45, 7) is 6.16. The lowest BCUT2D eigenvalue weighted by Gasteiger charge is -2.66. The van der Waals surface area contributed by atoms with E-state index in [1.807, 2.05) is 0 Å². The second kappa shape index (κ2) is 5.56. The van der Waals surface area contributed by atoms with Gasteiger partial charge in [-0.05, 0) is 35.8 Å². The fourth-order valence-electron chi connectivity index (χ4n) is 5.62. The number of nitrogens with zero attached hydrogens (tertiary/aromatic N) is 1. The monoisotopic (exact) mass is 517 g/mol. The first-order valence-corrected chi connectivity index (χ1v) is 11.3. The Hall–Kier alpha value is 0.130. The van der Waals surface area contributed by atoms with Crippen molar-refractivity contribution in [2.45, 2.75) is 48.2 Å². The molecule has 5 heteroatoms. The predicted molar refractivity (Wildman–Crippen MR) is 108 cm³/mol. The predicted octanol–water partition coefficient (Wildman–Crippen LogP) is 5.26. The molecule has 3 atom stereocenters. The maximum Gasteiger partial charge on any atom is 0.230 e. The molecule has 1 amide bonds. The van der Waals surface area contributed by atoms with E-state index in [4.69, 9.17) is 0 Å². The second-order valence-corrected chi connectivity index (χ2v) is 12.0. The average Bonchev–Trinajstić information content (AvgIpc) is 3.03. The highest BCUT2D eigenvalue weighted by molar-refractivity contribution is 9.24. The molecule has 2 nitrogen and oxygen atoms in total. The molecule has 1 aliphatic heterocycles. The molecule has 0 saturated heterocycles. The van der Waals surface area contributed by atoms with Crippen molar-refractivity contribution in [3.8, 4) is 0 Å². The van der Waals surface area contributed by atoms with Gasteiger partial charge in [-0.15, -0.1) is 0 Å². The molecule has 0 N–H and O–H groups in total. The van der Waals surface area contributed by atoms with Gasteiger partial charge in [0.1, 0.15) is 0 Å². The summed E-state index contributed by atoms with van der Waals surface area (Å²) in [5, 5.41) is 0. The van der Waals surface area contributed by atoms with Gasteiger partial charge in [-0.3, -0.25) is 4.79 Å². The van der Waals surface area contributed by atoms with Crippen molar-refractivity contribution in [3.05, 3.63) is 35.4 Å². The number of carbonyl (C=O) groups is 1. The highest BCUT2D eigenvalue weighted by Gasteiger charge is 2.83. The molecule has 3 fully saturated rings. The van der Waals surface area contributed by atoms with Gasteiger partial charge in [0.05, 0.1) is 9.15 Å². The van der Waals surface area contributed by atoms with Crippen LogP contribution in [-0.2, 0) is 17.8 Å². The molecule has 130 valence electrons. The molecule has 5 rings (SSSR count). The summed E-state index contributed by atoms with van der Waals surface area (Å²) in [5.74, 6) is 0.345. The molecular weight excluding hydrogens is 498 g/mol. The van der Waals surface area contributed by atoms with Crippen molar-refractivity contribution in [2.75, 3.05) is 6.54 Å². The minimum Gasteiger partial charge on any atom is -0.337 e. The SMILES string of the molecule is CC1(C)[C@]2(C(=O)N3CCc4ccccc4C3)CC[C@]1(C(Br)Br)[C@@H]2Br. The van der Waals surface area contributed by atoms with E-state index in [0.717, 1.165) is 32.4 Å². The molecule has 0 spiro atoms. The van der Waals surface area contributed by atoms with Crippen LogP contribution in [0.3, 0.4) is 0 Å². The lowest BCUT2D eigenvalue weighted by molar-refractivity contribution is -0.173. The molecule has 0 unspecified atom stereocenters. The molecule has 3 saturated carbocycles. The van der Waals surface area contributed by atoms with Crippen LogP contribution in [0.15, 0.2) is 24.3 Å². The number of carbonyl (C=O) groups excluding carboxylic acids is 1. The van der Waals surface area contributed by atoms with Gasteiger partial charge in [0.25, 0.3) is 0 Å². The second-order valence-electron chi connectivity index (χ2n) is 8.05. The molecular formula is C19H22Br3NO. The van der Waals surface area contributed by atoms with Crippen LogP contribution in [0.25, 0.3) is 0 Å². The van der Waals surface area contributed by atoms with Crippen LogP contribution < -0.4 is 0 Å². The van der Waals surface area contributed by atoms with Gasteiger partial charge in [0, 0.05) is 23.3 Å². The minimum atomic E-state index is -0.279. The molecule has 2 bridgehead atoms. The smallest absolute Gasteiger partial charge is 0.230 e. The number of alkyl halides is 3. The zero-order chi connectivity index (χ0) is 17.3. The first-order chi connectivity index (χ1) is 11.3. The highest BCUT2D eigenvalue weighted by atomic mass is 79.9. The summed E-state index contributed by atoms with van der Waals surface area (Å²) in [6, 6.07) is 8.52. The Balaban J connectivity index is 1.65. The van der Waals surface area contributed by atoms with Gasteiger partial charge < -0.3 is 4.90 Å². The van der Waals surface area contributed by atoms with E-state index in [1.165, 1.54) is 11.1 Å². The Morgan fingerprint density at radius 2 is 1.88 bits per heavy atom. The minimum absolute atomic E-state index is 0.0279. The van der Waals surface area contributed by atoms with Gasteiger partial charge in [0.15, 0.2) is 0 Å². The van der Waals surface area contributed by atoms with Gasteiger partial charge in [0.2, 0.25) is 5.91 Å². The molecule has 0 aromatic heterocycles. The van der Waals surface area contributed by atoms with Crippen LogP contribution in [0.4, 0.5) is 0 Å². The number of benzene rings is 1. The Labute approximate surface area is 169 Å². The van der Waals surface area contributed by atoms with E-state index >= 15 is 0 Å². The van der Waals surface area contributed by atoms with Gasteiger partial charge in [-0.25, -0.2) is 0 Å². The molecule has 1 heterocycles. The van der Waals surface area contributed by atoms with Crippen molar-refractivity contribution in [1.82, 2.24) is 4.90 Å². The summed E-state index contributed by atoms with van der Waals surface area (Å²) in [4.78, 5) is 16.0. The number of rotatable bonds is 2. The van der Waals surface area contributed by atoms with Crippen LogP contribution >= 0.6 is 47.8 Å². The lowest BCUT2D eigenvalue weighted by Crippen LogP contribution is -2.72. The maximum absolute atomic E-state index is 13.6. The van der Waals surface area contributed by atoms with Crippen LogP contribution in [-0.4, -0.2) is 25.9 Å². The fraction of sp³-hybridized carbons (Fsp3) is 0.632. The van der Waals surface area contributed by atoms with E-state index in [2.05, 4.69) is 90.8 Å². The summed E-state index contributed by atoms with van der Waals surface area (Å²) in [7, 11) is 0. The van der Waals surface area contributed by atoms with Gasteiger partial charge in [-0.2, -0.15) is 0 Å². The Kier molecular flexibility index (Phi) is 4.06. The first kappa shape index (κ1) is 17.5. The number of hydrogen-bond acceptors (Lipinski definition) is 1. The number of fused-ring (bicyclic) bond motifs is 2. The van der Waals surface area contributed by atoms with Gasteiger partial charge in [-0.1, -0.05) is 85.9 Å². The molecule has 4 aliphatic rings. The van der Waals surface area contributed by atoms with E-state index < -0.39 is 0 Å². The summed E-state index contributed by atoms with van der Waals surface area (Å²) in [6.07, 6.45) is 3.02. The Bertz CT molecular complexity index is 704. The molecule has 24 heavy (non-hydrogen) atoms. The number of hydrogen-bond donors (Lipinski definition) is 0. The van der Waals surface area contributed by atoms with Crippen molar-refractivity contribution < 1.29 is 4.79 Å². The van der Waals surface area contributed by atoms with Crippen LogP contribution in [0.2, 0.25) is 0 Å². The van der Waals surface area contributed by atoms with Crippen LogP contribution in [0.1, 0.15) is 37.8 Å². The Morgan fingerprint density at radius 3 is 2.46 bits per heavy atom. The van der Waals surface area contributed by atoms with E-state index in [1.54, 1.807) is 0 Å². The largest absolute Gasteiger partial charge is 0.337 e. The van der Waals surface area contributed by atoms with Crippen molar-refractivity contribution in [3.63, 3.8) is 0 Å². The third kappa shape index (κ3) is 1.85. The van der Waals surface area contributed by atoms with Crippen molar-refractivity contribution >= 4 is 53.7 Å². The van der Waals surface area contributed by atoms with Crippen LogP contribution in [0.5, 0.6) is 0 Å². The maximum atomic E-state index is 13.6. The van der Waals surface area contributed by atoms with Crippen LogP contribution in [0, 0.1) is 16.2 Å². The Morgan fingerprint density at radius 1 is 1.21 bits per heavy atom. The lowest BCUT2D eigenvalue weighted by atomic mass is 9.43. The molecule has 1 aromatic carbocycles. The number of halogens is 3. The zero-order valence-corrected chi connectivity index (χ0v) is 18.7. The van der Waals surface area contributed by atoms with Crippen molar-refractivity contribution in [1.29, 1.82) is 0 Å². The summed E-state index contributed by atoms with van der Waals surface area (Å²) < 4.78 is 0.224. The average molecular weight is 520 g/mol.